The first-order chi connectivity index (χ1) is 18.9. The van der Waals surface area contributed by atoms with Crippen LogP contribution in [0.2, 0.25) is 0 Å². The van der Waals surface area contributed by atoms with Crippen molar-refractivity contribution in [1.29, 1.82) is 0 Å². The van der Waals surface area contributed by atoms with Crippen LogP contribution in [0.25, 0.3) is 16.9 Å². The summed E-state index contributed by atoms with van der Waals surface area (Å²) >= 11 is 0. The minimum atomic E-state index is -2.75. The predicted molar refractivity (Wildman–Crippen MR) is 148 cm³/mol. The fourth-order valence-electron chi connectivity index (χ4n) is 5.73. The fourth-order valence-corrected chi connectivity index (χ4v) is 5.73. The maximum absolute atomic E-state index is 14.1. The molecule has 1 saturated heterocycles. The first-order valence-corrected chi connectivity index (χ1v) is 13.9. The van der Waals surface area contributed by atoms with Gasteiger partial charge in [0.25, 0.3) is 6.43 Å². The van der Waals surface area contributed by atoms with E-state index < -0.39 is 6.43 Å². The lowest BCUT2D eigenvalue weighted by Gasteiger charge is -2.34. The zero-order valence-electron chi connectivity index (χ0n) is 22.9. The fraction of sp³-hybridized carbons (Fsp3) is 0.607. The van der Waals surface area contributed by atoms with Gasteiger partial charge in [0.15, 0.2) is 5.82 Å². The molecule has 1 unspecified atom stereocenters. The Hall–Kier alpha value is -2.89. The molecule has 3 aromatic rings. The van der Waals surface area contributed by atoms with Gasteiger partial charge in [0.2, 0.25) is 5.95 Å². The molecule has 2 fully saturated rings. The Labute approximate surface area is 228 Å². The molecule has 0 bridgehead atoms. The highest BCUT2D eigenvalue weighted by molar-refractivity contribution is 5.78. The molecule has 5 rings (SSSR count). The van der Waals surface area contributed by atoms with Crippen molar-refractivity contribution in [2.75, 3.05) is 50.2 Å². The quantitative estimate of drug-likeness (QED) is 0.384. The van der Waals surface area contributed by atoms with Crippen molar-refractivity contribution in [3.05, 3.63) is 36.2 Å². The van der Waals surface area contributed by atoms with Crippen molar-refractivity contribution in [3.63, 3.8) is 0 Å². The Morgan fingerprint density at radius 3 is 2.62 bits per heavy atom. The first-order valence-electron chi connectivity index (χ1n) is 13.9. The van der Waals surface area contributed by atoms with E-state index in [-0.39, 0.29) is 11.9 Å². The maximum Gasteiger partial charge on any atom is 0.296 e. The molecule has 0 amide bonds. The number of fused-ring (bicyclic) bond motifs is 1. The molecule has 2 N–H and O–H groups in total. The van der Waals surface area contributed by atoms with Crippen LogP contribution in [0.15, 0.2) is 30.3 Å². The largest absolute Gasteiger partial charge is 0.383 e. The number of morpholine rings is 1. The van der Waals surface area contributed by atoms with E-state index in [4.69, 9.17) is 19.4 Å². The number of benzene rings is 1. The van der Waals surface area contributed by atoms with Crippen molar-refractivity contribution >= 4 is 22.8 Å². The molecular formula is C28H39F2N7O2. The van der Waals surface area contributed by atoms with E-state index in [9.17, 15) is 8.78 Å². The molecule has 1 aliphatic carbocycles. The van der Waals surface area contributed by atoms with Crippen LogP contribution in [0, 0.1) is 5.92 Å². The molecule has 3 heterocycles. The summed E-state index contributed by atoms with van der Waals surface area (Å²) in [6, 6.07) is 9.88. The molecule has 9 nitrogen and oxygen atoms in total. The lowest BCUT2D eigenvalue weighted by Crippen LogP contribution is -2.44. The van der Waals surface area contributed by atoms with Crippen LogP contribution in [-0.4, -0.2) is 77.7 Å². The van der Waals surface area contributed by atoms with Crippen LogP contribution in [0.1, 0.15) is 51.8 Å². The van der Waals surface area contributed by atoms with E-state index >= 15 is 0 Å². The second-order valence-corrected chi connectivity index (χ2v) is 10.7. The third-order valence-electron chi connectivity index (χ3n) is 7.70. The van der Waals surface area contributed by atoms with Gasteiger partial charge in [-0.1, -0.05) is 12.1 Å². The van der Waals surface area contributed by atoms with Crippen LogP contribution in [0.4, 0.5) is 20.5 Å². The number of para-hydroxylation sites is 2. The third-order valence-corrected chi connectivity index (χ3v) is 7.70. The normalized spacial score (nSPS) is 22.9. The van der Waals surface area contributed by atoms with Gasteiger partial charge in [-0.3, -0.25) is 4.57 Å². The Bertz CT molecular complexity index is 1230. The van der Waals surface area contributed by atoms with Crippen LogP contribution < -0.4 is 15.5 Å². The van der Waals surface area contributed by atoms with E-state index in [1.165, 1.54) is 4.57 Å². The van der Waals surface area contributed by atoms with E-state index in [0.29, 0.717) is 73.0 Å². The number of aromatic nitrogens is 4. The third kappa shape index (κ3) is 6.47. The first kappa shape index (κ1) is 27.7. The Morgan fingerprint density at radius 1 is 1.10 bits per heavy atom. The minimum Gasteiger partial charge on any atom is -0.383 e. The Balaban J connectivity index is 1.39. The standard InChI is InChI=1S/C28H39F2N7O2/c1-18(16-38-3)32-21-10-8-20(9-11-21)15-31-28-34-24(36-12-13-39-17-19(36)2)14-25(35-28)37-23-7-5-4-6-22(23)33-27(37)26(29)30/h4-7,14,18-21,26,32H,8-13,15-17H2,1-3H3,(H,31,34,35)/t18?,19-,20?,21?/m0/s1. The molecule has 0 radical (unpaired) electrons. The molecule has 39 heavy (non-hydrogen) atoms. The van der Waals surface area contributed by atoms with Crippen molar-refractivity contribution < 1.29 is 18.3 Å². The van der Waals surface area contributed by atoms with Gasteiger partial charge in [0.05, 0.1) is 36.9 Å². The second-order valence-electron chi connectivity index (χ2n) is 10.7. The highest BCUT2D eigenvalue weighted by atomic mass is 19.3. The van der Waals surface area contributed by atoms with Gasteiger partial charge >= 0.3 is 0 Å². The lowest BCUT2D eigenvalue weighted by atomic mass is 9.85. The zero-order valence-corrected chi connectivity index (χ0v) is 22.9. The van der Waals surface area contributed by atoms with Gasteiger partial charge in [-0.2, -0.15) is 9.97 Å². The minimum absolute atomic E-state index is 0.103. The number of anilines is 2. The zero-order chi connectivity index (χ0) is 27.4. The summed E-state index contributed by atoms with van der Waals surface area (Å²) in [7, 11) is 1.73. The van der Waals surface area contributed by atoms with Crippen molar-refractivity contribution in [1.82, 2.24) is 24.8 Å². The highest BCUT2D eigenvalue weighted by Gasteiger charge is 2.26. The van der Waals surface area contributed by atoms with Crippen LogP contribution in [0.3, 0.4) is 0 Å². The number of hydrogen-bond acceptors (Lipinski definition) is 8. The Morgan fingerprint density at radius 2 is 1.87 bits per heavy atom. The molecule has 1 aliphatic heterocycles. The van der Waals surface area contributed by atoms with Gasteiger partial charge in [0, 0.05) is 38.3 Å². The van der Waals surface area contributed by atoms with E-state index in [1.54, 1.807) is 31.4 Å². The molecule has 2 aromatic heterocycles. The van der Waals surface area contributed by atoms with E-state index in [2.05, 4.69) is 34.4 Å². The smallest absolute Gasteiger partial charge is 0.296 e. The van der Waals surface area contributed by atoms with Gasteiger partial charge in [0.1, 0.15) is 11.6 Å². The molecule has 2 aliphatic rings. The number of methoxy groups -OCH3 is 1. The number of rotatable bonds is 10. The van der Waals surface area contributed by atoms with Gasteiger partial charge in [-0.25, -0.2) is 13.8 Å². The summed E-state index contributed by atoms with van der Waals surface area (Å²) in [6.45, 7) is 7.50. The topological polar surface area (TPSA) is 89.4 Å². The van der Waals surface area contributed by atoms with E-state index in [0.717, 1.165) is 32.2 Å². The second kappa shape index (κ2) is 12.5. The molecule has 2 atom stereocenters. The van der Waals surface area contributed by atoms with Crippen LogP contribution in [0.5, 0.6) is 0 Å². The number of nitrogens with one attached hydrogen (secondary N) is 2. The number of nitrogens with zero attached hydrogens (tertiary/aromatic N) is 5. The van der Waals surface area contributed by atoms with E-state index in [1.807, 2.05) is 6.07 Å². The van der Waals surface area contributed by atoms with Crippen molar-refractivity contribution in [2.24, 2.45) is 5.92 Å². The van der Waals surface area contributed by atoms with Gasteiger partial charge in [-0.15, -0.1) is 0 Å². The number of hydrogen-bond donors (Lipinski definition) is 2. The lowest BCUT2D eigenvalue weighted by molar-refractivity contribution is 0.0985. The highest BCUT2D eigenvalue weighted by Crippen LogP contribution is 2.30. The summed E-state index contributed by atoms with van der Waals surface area (Å²) in [5.74, 6) is 1.68. The number of ether oxygens (including phenoxy) is 2. The van der Waals surface area contributed by atoms with Crippen molar-refractivity contribution in [3.8, 4) is 5.82 Å². The average molecular weight is 544 g/mol. The average Bonchev–Trinajstić information content (AvgIpc) is 3.33. The van der Waals surface area contributed by atoms with Gasteiger partial charge in [-0.05, 0) is 57.6 Å². The molecule has 0 spiro atoms. The summed E-state index contributed by atoms with van der Waals surface area (Å²) in [4.78, 5) is 15.9. The molecule has 11 heteroatoms. The molecule has 212 valence electrons. The van der Waals surface area contributed by atoms with Crippen LogP contribution >= 0.6 is 0 Å². The van der Waals surface area contributed by atoms with Crippen LogP contribution in [-0.2, 0) is 9.47 Å². The maximum atomic E-state index is 14.1. The summed E-state index contributed by atoms with van der Waals surface area (Å²) < 4.78 is 40.6. The molecular weight excluding hydrogens is 504 g/mol. The summed E-state index contributed by atoms with van der Waals surface area (Å²) in [5, 5.41) is 7.10. The van der Waals surface area contributed by atoms with Gasteiger partial charge < -0.3 is 25.0 Å². The summed E-state index contributed by atoms with van der Waals surface area (Å²) in [5.41, 5.74) is 1.10. The number of imidazole rings is 1. The Kier molecular flexibility index (Phi) is 8.89. The molecule has 1 saturated carbocycles. The SMILES string of the molecule is COCC(C)NC1CCC(CNc2nc(N3CCOC[C@@H]3C)cc(-n3c(C(F)F)nc4ccccc43)n2)CC1. The molecule has 1 aromatic carbocycles. The monoisotopic (exact) mass is 543 g/mol. The number of alkyl halides is 2. The number of halogens is 2. The predicted octanol–water partition coefficient (Wildman–Crippen LogP) is 4.57. The van der Waals surface area contributed by atoms with Crippen molar-refractivity contribution in [2.45, 2.75) is 64.1 Å². The summed E-state index contributed by atoms with van der Waals surface area (Å²) in [6.07, 6.45) is 1.66.